The molecule has 0 saturated heterocycles. The van der Waals surface area contributed by atoms with Crippen molar-refractivity contribution in [1.82, 2.24) is 0 Å². The van der Waals surface area contributed by atoms with Crippen LogP contribution in [0, 0.1) is 0 Å². The summed E-state index contributed by atoms with van der Waals surface area (Å²) in [5, 5.41) is 0. The molecule has 0 aliphatic heterocycles. The monoisotopic (exact) mass is 505 g/mol. The number of rotatable bonds is 24. The summed E-state index contributed by atoms with van der Waals surface area (Å²) in [5.41, 5.74) is 5.25. The molecule has 0 spiro atoms. The predicted molar refractivity (Wildman–Crippen MR) is 124 cm³/mol. The van der Waals surface area contributed by atoms with E-state index in [4.69, 9.17) is 24.0 Å². The third kappa shape index (κ3) is 20.7. The summed E-state index contributed by atoms with van der Waals surface area (Å²) in [6, 6.07) is 0. The van der Waals surface area contributed by atoms with Crippen LogP contribution in [0.25, 0.3) is 0 Å². The fraction of sp³-hybridized carbons (Fsp3) is 1.00. The highest BCUT2D eigenvalue weighted by atomic mass is 31.2. The predicted octanol–water partition coefficient (Wildman–Crippen LogP) is 4.93. The molecule has 10 nitrogen and oxygen atoms in total. The van der Waals surface area contributed by atoms with E-state index < -0.39 is 28.4 Å². The highest BCUT2D eigenvalue weighted by Gasteiger charge is 2.30. The van der Waals surface area contributed by atoms with E-state index in [1.54, 1.807) is 0 Å². The smallest absolute Gasteiger partial charge is 0.379 e. The highest BCUT2D eigenvalue weighted by Crippen LogP contribution is 2.47. The van der Waals surface area contributed by atoms with Gasteiger partial charge in [0, 0.05) is 13.2 Å². The first-order valence-corrected chi connectivity index (χ1v) is 14.8. The first kappa shape index (κ1) is 32.1. The fourth-order valence-electron chi connectivity index (χ4n) is 2.80. The normalized spacial score (nSPS) is 16.5. The lowest BCUT2D eigenvalue weighted by Gasteiger charge is -2.22. The Balaban J connectivity index is 4.49. The van der Waals surface area contributed by atoms with E-state index in [0.717, 1.165) is 44.9 Å². The van der Waals surface area contributed by atoms with Gasteiger partial charge in [-0.2, -0.15) is 0 Å². The van der Waals surface area contributed by atoms with Crippen molar-refractivity contribution in [3.05, 3.63) is 0 Å². The average Bonchev–Trinajstić information content (AvgIpc) is 2.74. The maximum Gasteiger partial charge on any atom is 0.472 e. The number of unbranched alkanes of at least 4 members (excludes halogenated alkanes) is 9. The topological polar surface area (TPSA) is 147 Å². The van der Waals surface area contributed by atoms with E-state index >= 15 is 0 Å². The van der Waals surface area contributed by atoms with Crippen molar-refractivity contribution in [2.45, 2.75) is 90.6 Å². The molecule has 0 aliphatic rings. The van der Waals surface area contributed by atoms with Crippen LogP contribution < -0.4 is 5.73 Å². The Morgan fingerprint density at radius 2 is 1.22 bits per heavy atom. The van der Waals surface area contributed by atoms with Gasteiger partial charge in [0.05, 0.1) is 26.4 Å². The third-order valence-corrected chi connectivity index (χ3v) is 6.58. The number of nitrogens with two attached hydrogens (primary N) is 1. The van der Waals surface area contributed by atoms with Crippen LogP contribution in [0.1, 0.15) is 84.5 Å². The molecule has 0 aromatic heterocycles. The Labute approximate surface area is 193 Å². The van der Waals surface area contributed by atoms with E-state index in [-0.39, 0.29) is 26.4 Å². The summed E-state index contributed by atoms with van der Waals surface area (Å²) in [6.45, 7) is 4.13. The molecular formula is C20H45NO9P2. The van der Waals surface area contributed by atoms with Gasteiger partial charge in [-0.1, -0.05) is 71.6 Å². The van der Waals surface area contributed by atoms with E-state index in [1.165, 1.54) is 19.3 Å². The maximum absolute atomic E-state index is 12.3. The summed E-state index contributed by atoms with van der Waals surface area (Å²) in [5.74, 6) is 0. The second-order valence-electron chi connectivity index (χ2n) is 7.67. The van der Waals surface area contributed by atoms with Gasteiger partial charge in [0.25, 0.3) is 0 Å². The Morgan fingerprint density at radius 1 is 0.688 bits per heavy atom. The zero-order chi connectivity index (χ0) is 24.1. The molecule has 0 aromatic rings. The maximum atomic E-state index is 12.3. The summed E-state index contributed by atoms with van der Waals surface area (Å²) in [7, 11) is -8.73. The Bertz CT molecular complexity index is 525. The van der Waals surface area contributed by atoms with Gasteiger partial charge >= 0.3 is 15.6 Å². The van der Waals surface area contributed by atoms with Crippen LogP contribution in [0.3, 0.4) is 0 Å². The lowest BCUT2D eigenvalue weighted by atomic mass is 10.1. The highest BCUT2D eigenvalue weighted by molar-refractivity contribution is 7.47. The number of ether oxygens (including phenoxy) is 1. The van der Waals surface area contributed by atoms with Gasteiger partial charge in [-0.15, -0.1) is 0 Å². The SMILES string of the molecule is CCCCCCCCOCC(COP(=O)(O)OCCN)OP(=O)(O)OCCCCCCC. The molecule has 4 N–H and O–H groups in total. The van der Waals surface area contributed by atoms with E-state index in [1.807, 2.05) is 0 Å². The average molecular weight is 506 g/mol. The Morgan fingerprint density at radius 3 is 1.81 bits per heavy atom. The van der Waals surface area contributed by atoms with E-state index in [0.29, 0.717) is 13.0 Å². The van der Waals surface area contributed by atoms with Crippen LogP contribution >= 0.6 is 15.6 Å². The molecule has 32 heavy (non-hydrogen) atoms. The molecule has 0 fully saturated rings. The summed E-state index contributed by atoms with van der Waals surface area (Å²) in [4.78, 5) is 19.6. The van der Waals surface area contributed by atoms with Crippen LogP contribution in [-0.2, 0) is 32.0 Å². The van der Waals surface area contributed by atoms with Gasteiger partial charge in [0.15, 0.2) is 0 Å². The molecule has 0 amide bonds. The van der Waals surface area contributed by atoms with Crippen molar-refractivity contribution >= 4 is 15.6 Å². The van der Waals surface area contributed by atoms with Crippen molar-refractivity contribution in [1.29, 1.82) is 0 Å². The van der Waals surface area contributed by atoms with Crippen molar-refractivity contribution < 1.29 is 41.7 Å². The number of phosphoric ester groups is 2. The molecule has 0 rings (SSSR count). The zero-order valence-corrected chi connectivity index (χ0v) is 21.6. The fourth-order valence-corrected chi connectivity index (χ4v) is 4.48. The van der Waals surface area contributed by atoms with Gasteiger partial charge in [0.1, 0.15) is 6.10 Å². The van der Waals surface area contributed by atoms with Gasteiger partial charge in [-0.25, -0.2) is 9.13 Å². The van der Waals surface area contributed by atoms with Crippen LogP contribution in [0.5, 0.6) is 0 Å². The van der Waals surface area contributed by atoms with Crippen LogP contribution in [0.15, 0.2) is 0 Å². The lowest BCUT2D eigenvalue weighted by molar-refractivity contribution is -0.00401. The molecule has 0 aliphatic carbocycles. The molecule has 3 atom stereocenters. The quantitative estimate of drug-likeness (QED) is 0.122. The first-order valence-electron chi connectivity index (χ1n) is 11.8. The van der Waals surface area contributed by atoms with Gasteiger partial charge in [-0.05, 0) is 12.8 Å². The second-order valence-corrected chi connectivity index (χ2v) is 10.5. The van der Waals surface area contributed by atoms with Crippen molar-refractivity contribution in [2.24, 2.45) is 5.73 Å². The largest absolute Gasteiger partial charge is 0.472 e. The zero-order valence-electron chi connectivity index (χ0n) is 19.8. The molecule has 0 radical (unpaired) electrons. The summed E-state index contributed by atoms with van der Waals surface area (Å²) >= 11 is 0. The van der Waals surface area contributed by atoms with Crippen LogP contribution in [-0.4, -0.2) is 55.5 Å². The van der Waals surface area contributed by atoms with Crippen LogP contribution in [0.4, 0.5) is 0 Å². The second kappa shape index (κ2) is 20.5. The Hall–Kier alpha value is 0.140. The third-order valence-electron chi connectivity index (χ3n) is 4.53. The van der Waals surface area contributed by atoms with Crippen molar-refractivity contribution in [3.8, 4) is 0 Å². The van der Waals surface area contributed by atoms with Crippen LogP contribution in [0.2, 0.25) is 0 Å². The van der Waals surface area contributed by atoms with E-state index in [2.05, 4.69) is 18.4 Å². The van der Waals surface area contributed by atoms with Gasteiger partial charge in [-0.3, -0.25) is 18.1 Å². The minimum Gasteiger partial charge on any atom is -0.379 e. The molecule has 12 heteroatoms. The molecular weight excluding hydrogens is 460 g/mol. The number of phosphoric acid groups is 2. The Kier molecular flexibility index (Phi) is 20.6. The van der Waals surface area contributed by atoms with E-state index in [9.17, 15) is 18.9 Å². The number of hydrogen-bond donors (Lipinski definition) is 3. The molecule has 0 aromatic carbocycles. The first-order chi connectivity index (χ1) is 15.3. The molecule has 3 unspecified atom stereocenters. The minimum atomic E-state index is -4.37. The summed E-state index contributed by atoms with van der Waals surface area (Å²) < 4.78 is 49.4. The standard InChI is InChI=1S/C20H45NO9P2/c1-3-5-7-9-11-12-15-26-18-20(19-29-31(22,23)28-17-14-21)30-32(24,25)27-16-13-10-8-6-4-2/h20H,3-19,21H2,1-2H3,(H,22,23)(H,24,25). The molecule has 0 heterocycles. The molecule has 0 bridgehead atoms. The minimum absolute atomic E-state index is 0.0488. The molecule has 194 valence electrons. The number of hydrogen-bond acceptors (Lipinski definition) is 8. The molecule has 0 saturated carbocycles. The lowest BCUT2D eigenvalue weighted by Crippen LogP contribution is -2.25. The summed E-state index contributed by atoms with van der Waals surface area (Å²) in [6.07, 6.45) is 10.3. The van der Waals surface area contributed by atoms with Gasteiger partial charge in [0.2, 0.25) is 0 Å². The van der Waals surface area contributed by atoms with Crippen molar-refractivity contribution in [3.63, 3.8) is 0 Å². The van der Waals surface area contributed by atoms with Crippen molar-refractivity contribution in [2.75, 3.05) is 39.6 Å². The van der Waals surface area contributed by atoms with Gasteiger partial charge < -0.3 is 20.3 Å².